The topological polar surface area (TPSA) is 59.6 Å². The first-order valence-electron chi connectivity index (χ1n) is 13.4. The number of fused-ring (bicyclic) bond motifs is 2. The number of H-pyrrole nitrogens is 1. The molecule has 2 aliphatic heterocycles. The molecule has 2 aliphatic carbocycles. The molecule has 1 saturated carbocycles. The normalized spacial score (nSPS) is 25.3. The van der Waals surface area contributed by atoms with E-state index in [0.717, 1.165) is 68.0 Å². The minimum absolute atomic E-state index is 0.0545. The van der Waals surface area contributed by atoms with Crippen LogP contribution in [-0.2, 0) is 10.2 Å². The third-order valence-electron chi connectivity index (χ3n) is 8.69. The molecule has 5 rings (SSSR count). The van der Waals surface area contributed by atoms with Crippen molar-refractivity contribution >= 4 is 18.1 Å². The molecule has 2 fully saturated rings. The number of aliphatic hydroxyl groups excluding tert-OH is 1. The average Bonchev–Trinajstić information content (AvgIpc) is 3.09. The van der Waals surface area contributed by atoms with Crippen LogP contribution in [-0.4, -0.2) is 58.6 Å². The molecule has 1 atom stereocenters. The molecule has 3 heterocycles. The summed E-state index contributed by atoms with van der Waals surface area (Å²) in [5.41, 5.74) is 2.74. The van der Waals surface area contributed by atoms with E-state index in [-0.39, 0.29) is 29.8 Å². The van der Waals surface area contributed by atoms with Crippen LogP contribution in [0.15, 0.2) is 48.4 Å². The number of rotatable bonds is 5. The Morgan fingerprint density at radius 2 is 2.11 bits per heavy atom. The summed E-state index contributed by atoms with van der Waals surface area (Å²) in [6.45, 7) is 8.51. The maximum absolute atomic E-state index is 14.9. The molecule has 192 valence electrons. The van der Waals surface area contributed by atoms with Crippen LogP contribution in [0.4, 0.5) is 4.39 Å². The van der Waals surface area contributed by atoms with Crippen LogP contribution < -0.4 is 10.6 Å². The number of hydrogen-bond acceptors (Lipinski definition) is 3. The molecule has 5 nitrogen and oxygen atoms in total. The van der Waals surface area contributed by atoms with Crippen LogP contribution in [0, 0.1) is 5.92 Å². The fourth-order valence-electron chi connectivity index (χ4n) is 6.53. The van der Waals surface area contributed by atoms with E-state index in [1.807, 2.05) is 24.3 Å². The quantitative estimate of drug-likeness (QED) is 0.663. The number of aromatic amines is 1. The van der Waals surface area contributed by atoms with Gasteiger partial charge in [0.2, 0.25) is 5.91 Å². The maximum Gasteiger partial charge on any atom is 0.225 e. The van der Waals surface area contributed by atoms with Crippen molar-refractivity contribution in [3.05, 3.63) is 70.2 Å². The molecule has 36 heavy (non-hydrogen) atoms. The molecular formula is C30H38FN3O2. The second-order valence-corrected chi connectivity index (χ2v) is 10.7. The van der Waals surface area contributed by atoms with Gasteiger partial charge in [-0.25, -0.2) is 4.39 Å². The summed E-state index contributed by atoms with van der Waals surface area (Å²) in [5.74, 6) is 0.339. The summed E-state index contributed by atoms with van der Waals surface area (Å²) in [4.78, 5) is 20.9. The molecule has 0 bridgehead atoms. The third-order valence-corrected chi connectivity index (χ3v) is 8.69. The van der Waals surface area contributed by atoms with Gasteiger partial charge >= 0.3 is 0 Å². The first kappa shape index (κ1) is 25.0. The van der Waals surface area contributed by atoms with Gasteiger partial charge in [-0.1, -0.05) is 43.4 Å². The monoisotopic (exact) mass is 491 g/mol. The second kappa shape index (κ2) is 10.3. The zero-order valence-electron chi connectivity index (χ0n) is 21.3. The van der Waals surface area contributed by atoms with Gasteiger partial charge in [0, 0.05) is 54.1 Å². The van der Waals surface area contributed by atoms with Crippen molar-refractivity contribution in [2.24, 2.45) is 5.92 Å². The number of amides is 1. The van der Waals surface area contributed by atoms with Crippen LogP contribution in [0.2, 0.25) is 0 Å². The van der Waals surface area contributed by atoms with E-state index in [1.165, 1.54) is 5.56 Å². The molecule has 1 unspecified atom stereocenters. The SMILES string of the molecule is C=C/C=c1/[nH]c2c(/c1=C/C)C1(CCN(C(=O)C3CCC3)CC1)CN(CC1=CC=CCC=C1F)C2CO. The summed E-state index contributed by atoms with van der Waals surface area (Å²) >= 11 is 0. The van der Waals surface area contributed by atoms with E-state index in [1.54, 1.807) is 12.2 Å². The fourth-order valence-corrected chi connectivity index (χ4v) is 6.53. The molecule has 1 aromatic heterocycles. The molecule has 1 saturated heterocycles. The fraction of sp³-hybridized carbons (Fsp3) is 0.500. The summed E-state index contributed by atoms with van der Waals surface area (Å²) in [6.07, 6.45) is 18.7. The number of nitrogens with zero attached hydrogens (tertiary/aromatic N) is 2. The molecule has 0 aromatic carbocycles. The first-order chi connectivity index (χ1) is 17.5. The molecule has 6 heteroatoms. The number of carbonyl (C=O) groups is 1. The van der Waals surface area contributed by atoms with E-state index in [4.69, 9.17) is 0 Å². The predicted octanol–water partition coefficient (Wildman–Crippen LogP) is 3.53. The Morgan fingerprint density at radius 3 is 2.75 bits per heavy atom. The van der Waals surface area contributed by atoms with Gasteiger partial charge in [-0.05, 0) is 62.0 Å². The van der Waals surface area contributed by atoms with Crippen LogP contribution >= 0.6 is 0 Å². The molecule has 2 N–H and O–H groups in total. The third kappa shape index (κ3) is 4.35. The molecule has 1 amide bonds. The lowest BCUT2D eigenvalue weighted by Gasteiger charge is -2.50. The number of carbonyl (C=O) groups excluding carboxylic acids is 1. The minimum Gasteiger partial charge on any atom is -0.394 e. The van der Waals surface area contributed by atoms with Gasteiger partial charge in [0.15, 0.2) is 0 Å². The van der Waals surface area contributed by atoms with Crippen molar-refractivity contribution in [1.29, 1.82) is 0 Å². The number of nitrogens with one attached hydrogen (secondary N) is 1. The molecule has 0 radical (unpaired) electrons. The molecule has 4 aliphatic rings. The first-order valence-corrected chi connectivity index (χ1v) is 13.4. The van der Waals surface area contributed by atoms with Crippen molar-refractivity contribution in [2.75, 3.05) is 32.8 Å². The van der Waals surface area contributed by atoms with Crippen molar-refractivity contribution in [3.63, 3.8) is 0 Å². The summed E-state index contributed by atoms with van der Waals surface area (Å²) in [6, 6.07) is -0.258. The van der Waals surface area contributed by atoms with E-state index in [9.17, 15) is 14.3 Å². The number of likely N-dealkylation sites (tertiary alicyclic amines) is 1. The number of piperidine rings is 1. The van der Waals surface area contributed by atoms with Gasteiger partial charge in [0.05, 0.1) is 12.6 Å². The van der Waals surface area contributed by atoms with E-state index in [0.29, 0.717) is 24.4 Å². The van der Waals surface area contributed by atoms with Crippen molar-refractivity contribution in [1.82, 2.24) is 14.8 Å². The second-order valence-electron chi connectivity index (χ2n) is 10.7. The molecule has 1 spiro atoms. The highest BCUT2D eigenvalue weighted by molar-refractivity contribution is 5.79. The Kier molecular flexibility index (Phi) is 7.18. The van der Waals surface area contributed by atoms with Crippen molar-refractivity contribution in [3.8, 4) is 0 Å². The number of aliphatic hydroxyl groups is 1. The lowest BCUT2D eigenvalue weighted by molar-refractivity contribution is -0.140. The van der Waals surface area contributed by atoms with Crippen LogP contribution in [0.5, 0.6) is 0 Å². The van der Waals surface area contributed by atoms with Crippen LogP contribution in [0.1, 0.15) is 62.7 Å². The Balaban J connectivity index is 1.54. The number of hydrogen-bond donors (Lipinski definition) is 2. The number of halogens is 1. The highest BCUT2D eigenvalue weighted by Crippen LogP contribution is 2.44. The average molecular weight is 492 g/mol. The lowest BCUT2D eigenvalue weighted by atomic mass is 9.68. The number of aromatic nitrogens is 1. The lowest BCUT2D eigenvalue weighted by Crippen LogP contribution is -2.57. The van der Waals surface area contributed by atoms with Gasteiger partial charge in [0.25, 0.3) is 0 Å². The molecule has 1 aromatic rings. The van der Waals surface area contributed by atoms with Gasteiger partial charge in [-0.3, -0.25) is 9.69 Å². The Labute approximate surface area is 213 Å². The zero-order chi connectivity index (χ0) is 25.3. The highest BCUT2D eigenvalue weighted by Gasteiger charge is 2.48. The zero-order valence-corrected chi connectivity index (χ0v) is 21.3. The summed E-state index contributed by atoms with van der Waals surface area (Å²) in [7, 11) is 0. The predicted molar refractivity (Wildman–Crippen MR) is 142 cm³/mol. The van der Waals surface area contributed by atoms with Crippen LogP contribution in [0.3, 0.4) is 0 Å². The summed E-state index contributed by atoms with van der Waals surface area (Å²) < 4.78 is 14.9. The standard InChI is InChI=1S/C30H38FN3O2/c1-3-9-25-23(4-2)27-28(32-25)26(19-35)34(18-22-10-6-5-7-13-24(22)31)20-30(27)14-16-33(17-15-30)29(36)21-11-8-12-21/h3-6,9-10,13,21,26,32,35H,1,7-8,11-12,14-20H2,2H3/b23-4+,25-9+. The van der Waals surface area contributed by atoms with Gasteiger partial charge in [0.1, 0.15) is 5.83 Å². The minimum atomic E-state index is -0.258. The summed E-state index contributed by atoms with van der Waals surface area (Å²) in [5, 5.41) is 12.7. The van der Waals surface area contributed by atoms with Gasteiger partial charge in [-0.15, -0.1) is 0 Å². The highest BCUT2D eigenvalue weighted by atomic mass is 19.1. The van der Waals surface area contributed by atoms with Gasteiger partial charge < -0.3 is 15.0 Å². The smallest absolute Gasteiger partial charge is 0.225 e. The Hall–Kier alpha value is -2.70. The van der Waals surface area contributed by atoms with Crippen LogP contribution in [0.25, 0.3) is 12.2 Å². The Bertz CT molecular complexity index is 1230. The van der Waals surface area contributed by atoms with E-state index in [2.05, 4.69) is 34.4 Å². The molecular weight excluding hydrogens is 453 g/mol. The van der Waals surface area contributed by atoms with Crippen molar-refractivity contribution in [2.45, 2.75) is 56.9 Å². The van der Waals surface area contributed by atoms with E-state index >= 15 is 0 Å². The number of allylic oxidation sites excluding steroid dienone is 5. The largest absolute Gasteiger partial charge is 0.394 e. The Morgan fingerprint density at radius 1 is 1.33 bits per heavy atom. The van der Waals surface area contributed by atoms with Crippen molar-refractivity contribution < 1.29 is 14.3 Å². The van der Waals surface area contributed by atoms with E-state index < -0.39 is 0 Å². The van der Waals surface area contributed by atoms with Gasteiger partial charge in [-0.2, -0.15) is 0 Å². The maximum atomic E-state index is 14.9.